The SMILES string of the molecule is COCC1(COC)CC2=CCC3(C)CC(COC)(COC)CC3=C2C1. The zero-order valence-electron chi connectivity index (χ0n) is 16.6. The topological polar surface area (TPSA) is 36.9 Å². The zero-order chi connectivity index (χ0) is 18.1. The highest BCUT2D eigenvalue weighted by molar-refractivity contribution is 5.49. The lowest BCUT2D eigenvalue weighted by Gasteiger charge is -2.32. The Morgan fingerprint density at radius 1 is 0.800 bits per heavy atom. The Hall–Kier alpha value is -0.680. The van der Waals surface area contributed by atoms with Crippen molar-refractivity contribution in [3.05, 3.63) is 22.8 Å². The Kier molecular flexibility index (Phi) is 5.46. The molecule has 0 radical (unpaired) electrons. The predicted molar refractivity (Wildman–Crippen MR) is 98.7 cm³/mol. The number of hydrogen-bond donors (Lipinski definition) is 0. The van der Waals surface area contributed by atoms with Crippen molar-refractivity contribution < 1.29 is 18.9 Å². The molecule has 3 rings (SSSR count). The summed E-state index contributed by atoms with van der Waals surface area (Å²) >= 11 is 0. The molecule has 142 valence electrons. The van der Waals surface area contributed by atoms with Crippen molar-refractivity contribution in [2.75, 3.05) is 54.9 Å². The molecular weight excluding hydrogens is 316 g/mol. The second-order valence-electron chi connectivity index (χ2n) is 8.89. The summed E-state index contributed by atoms with van der Waals surface area (Å²) in [4.78, 5) is 0. The van der Waals surface area contributed by atoms with Crippen LogP contribution in [0, 0.1) is 16.2 Å². The first-order valence-corrected chi connectivity index (χ1v) is 9.33. The third-order valence-corrected chi connectivity index (χ3v) is 6.52. The van der Waals surface area contributed by atoms with Crippen LogP contribution >= 0.6 is 0 Å². The molecule has 0 aliphatic heterocycles. The van der Waals surface area contributed by atoms with E-state index in [1.807, 2.05) is 0 Å². The number of ether oxygens (including phenoxy) is 4. The normalized spacial score (nSPS) is 29.6. The van der Waals surface area contributed by atoms with Crippen LogP contribution in [0.3, 0.4) is 0 Å². The molecule has 1 unspecified atom stereocenters. The van der Waals surface area contributed by atoms with E-state index in [2.05, 4.69) is 13.0 Å². The van der Waals surface area contributed by atoms with E-state index in [1.165, 1.54) is 5.57 Å². The summed E-state index contributed by atoms with van der Waals surface area (Å²) in [6.07, 6.45) is 8.00. The molecule has 0 aromatic carbocycles. The molecular formula is C21H34O4. The summed E-state index contributed by atoms with van der Waals surface area (Å²) in [5.74, 6) is 0. The largest absolute Gasteiger partial charge is 0.384 e. The molecule has 3 aliphatic carbocycles. The van der Waals surface area contributed by atoms with Gasteiger partial charge in [-0.15, -0.1) is 0 Å². The maximum atomic E-state index is 5.60. The fraction of sp³-hybridized carbons (Fsp3) is 0.810. The first kappa shape index (κ1) is 19.1. The number of allylic oxidation sites excluding steroid dienone is 4. The standard InChI is InChI=1S/C21H34O4/c1-19-7-6-16-8-20(12-22-2,13-23-3)9-17(16)18(19)10-21(11-19,14-24-4)15-25-5/h6H,7-15H2,1-5H3. The summed E-state index contributed by atoms with van der Waals surface area (Å²) in [6, 6.07) is 0. The first-order chi connectivity index (χ1) is 12.0. The molecule has 4 nitrogen and oxygen atoms in total. The van der Waals surface area contributed by atoms with Crippen molar-refractivity contribution in [1.82, 2.24) is 0 Å². The van der Waals surface area contributed by atoms with E-state index in [-0.39, 0.29) is 16.2 Å². The Labute approximate surface area is 152 Å². The van der Waals surface area contributed by atoms with Crippen molar-refractivity contribution in [3.63, 3.8) is 0 Å². The van der Waals surface area contributed by atoms with Crippen LogP contribution in [0.1, 0.15) is 39.0 Å². The first-order valence-electron chi connectivity index (χ1n) is 9.33. The van der Waals surface area contributed by atoms with E-state index >= 15 is 0 Å². The highest BCUT2D eigenvalue weighted by Crippen LogP contribution is 2.62. The van der Waals surface area contributed by atoms with Crippen LogP contribution in [0.25, 0.3) is 0 Å². The lowest BCUT2D eigenvalue weighted by atomic mass is 9.73. The van der Waals surface area contributed by atoms with Crippen LogP contribution in [-0.2, 0) is 18.9 Å². The predicted octanol–water partition coefficient (Wildman–Crippen LogP) is 3.77. The maximum absolute atomic E-state index is 5.60. The Morgan fingerprint density at radius 2 is 1.36 bits per heavy atom. The van der Waals surface area contributed by atoms with Crippen LogP contribution in [0.15, 0.2) is 22.8 Å². The third-order valence-electron chi connectivity index (χ3n) is 6.52. The molecule has 0 saturated heterocycles. The lowest BCUT2D eigenvalue weighted by Crippen LogP contribution is -2.30. The second kappa shape index (κ2) is 7.15. The molecule has 25 heavy (non-hydrogen) atoms. The van der Waals surface area contributed by atoms with Gasteiger partial charge in [-0.05, 0) is 48.7 Å². The van der Waals surface area contributed by atoms with Crippen LogP contribution in [0.2, 0.25) is 0 Å². The number of rotatable bonds is 8. The molecule has 0 aromatic rings. The van der Waals surface area contributed by atoms with E-state index in [4.69, 9.17) is 18.9 Å². The Bertz CT molecular complexity index is 550. The van der Waals surface area contributed by atoms with Gasteiger partial charge >= 0.3 is 0 Å². The summed E-state index contributed by atoms with van der Waals surface area (Å²) < 4.78 is 22.4. The van der Waals surface area contributed by atoms with Crippen molar-refractivity contribution in [3.8, 4) is 0 Å². The van der Waals surface area contributed by atoms with Gasteiger partial charge in [0, 0.05) is 39.3 Å². The summed E-state index contributed by atoms with van der Waals surface area (Å²) in [5, 5.41) is 0. The molecule has 3 aliphatic rings. The number of fused-ring (bicyclic) bond motifs is 2. The molecule has 0 bridgehead atoms. The lowest BCUT2D eigenvalue weighted by molar-refractivity contribution is 0.00770. The van der Waals surface area contributed by atoms with Crippen molar-refractivity contribution in [2.45, 2.75) is 39.0 Å². The average Bonchev–Trinajstić information content (AvgIpc) is 3.04. The molecule has 0 N–H and O–H groups in total. The quantitative estimate of drug-likeness (QED) is 0.668. The fourth-order valence-electron chi connectivity index (χ4n) is 5.87. The minimum absolute atomic E-state index is 0.0939. The fourth-order valence-corrected chi connectivity index (χ4v) is 5.87. The smallest absolute Gasteiger partial charge is 0.0547 e. The van der Waals surface area contributed by atoms with Gasteiger partial charge in [-0.3, -0.25) is 0 Å². The van der Waals surface area contributed by atoms with Gasteiger partial charge in [0.1, 0.15) is 0 Å². The van der Waals surface area contributed by atoms with Crippen LogP contribution < -0.4 is 0 Å². The molecule has 2 saturated carbocycles. The average molecular weight is 350 g/mol. The molecule has 0 aromatic heterocycles. The van der Waals surface area contributed by atoms with E-state index in [0.717, 1.165) is 58.5 Å². The summed E-state index contributed by atoms with van der Waals surface area (Å²) in [6.45, 7) is 5.48. The van der Waals surface area contributed by atoms with Gasteiger partial charge in [-0.1, -0.05) is 18.6 Å². The molecule has 4 heteroatoms. The second-order valence-corrected chi connectivity index (χ2v) is 8.89. The Morgan fingerprint density at radius 3 is 1.92 bits per heavy atom. The van der Waals surface area contributed by atoms with Crippen molar-refractivity contribution >= 4 is 0 Å². The van der Waals surface area contributed by atoms with Crippen molar-refractivity contribution in [1.29, 1.82) is 0 Å². The number of hydrogen-bond acceptors (Lipinski definition) is 4. The summed E-state index contributed by atoms with van der Waals surface area (Å²) in [5.41, 5.74) is 5.21. The molecule has 0 amide bonds. The zero-order valence-corrected chi connectivity index (χ0v) is 16.6. The maximum Gasteiger partial charge on any atom is 0.0547 e. The van der Waals surface area contributed by atoms with Gasteiger partial charge in [0.2, 0.25) is 0 Å². The van der Waals surface area contributed by atoms with Gasteiger partial charge in [-0.25, -0.2) is 0 Å². The van der Waals surface area contributed by atoms with Crippen LogP contribution in [0.4, 0.5) is 0 Å². The van der Waals surface area contributed by atoms with E-state index in [9.17, 15) is 0 Å². The van der Waals surface area contributed by atoms with E-state index in [0.29, 0.717) is 0 Å². The van der Waals surface area contributed by atoms with Crippen molar-refractivity contribution in [2.24, 2.45) is 16.2 Å². The van der Waals surface area contributed by atoms with Crippen LogP contribution in [0.5, 0.6) is 0 Å². The number of methoxy groups -OCH3 is 4. The minimum atomic E-state index is 0.0939. The van der Waals surface area contributed by atoms with Gasteiger partial charge in [0.15, 0.2) is 0 Å². The third kappa shape index (κ3) is 3.34. The van der Waals surface area contributed by atoms with E-state index in [1.54, 1.807) is 39.6 Å². The molecule has 2 fully saturated rings. The van der Waals surface area contributed by atoms with Crippen LogP contribution in [-0.4, -0.2) is 54.9 Å². The van der Waals surface area contributed by atoms with Gasteiger partial charge < -0.3 is 18.9 Å². The molecule has 0 spiro atoms. The highest BCUT2D eigenvalue weighted by Gasteiger charge is 2.53. The minimum Gasteiger partial charge on any atom is -0.384 e. The van der Waals surface area contributed by atoms with Gasteiger partial charge in [0.25, 0.3) is 0 Å². The molecule has 0 heterocycles. The highest BCUT2D eigenvalue weighted by atomic mass is 16.5. The van der Waals surface area contributed by atoms with Gasteiger partial charge in [-0.2, -0.15) is 0 Å². The van der Waals surface area contributed by atoms with Gasteiger partial charge in [0.05, 0.1) is 26.4 Å². The monoisotopic (exact) mass is 350 g/mol. The summed E-state index contributed by atoms with van der Waals surface area (Å²) in [7, 11) is 7.21. The Balaban J connectivity index is 1.95. The van der Waals surface area contributed by atoms with E-state index < -0.39 is 0 Å². The molecule has 1 atom stereocenters.